The van der Waals surface area contributed by atoms with Crippen LogP contribution in [0.3, 0.4) is 0 Å². The van der Waals surface area contributed by atoms with E-state index in [1.54, 1.807) is 20.3 Å². The lowest BCUT2D eigenvalue weighted by Crippen LogP contribution is -2.27. The maximum atomic E-state index is 12.1. The number of nitrogens with one attached hydrogen (secondary N) is 2. The second kappa shape index (κ2) is 6.80. The second-order valence-electron chi connectivity index (χ2n) is 4.75. The molecular weight excluding hydrogens is 284 g/mol. The van der Waals surface area contributed by atoms with Crippen LogP contribution in [0.4, 0.5) is 0 Å². The summed E-state index contributed by atoms with van der Waals surface area (Å²) in [7, 11) is 3.13. The van der Waals surface area contributed by atoms with E-state index in [-0.39, 0.29) is 17.5 Å². The Morgan fingerprint density at radius 2 is 1.86 bits per heavy atom. The number of pyridine rings is 1. The van der Waals surface area contributed by atoms with E-state index in [1.807, 2.05) is 19.1 Å². The first-order chi connectivity index (χ1) is 10.5. The molecular formula is C16H18N2O4. The monoisotopic (exact) mass is 302 g/mol. The molecule has 0 saturated carbocycles. The van der Waals surface area contributed by atoms with Gasteiger partial charge in [-0.05, 0) is 30.7 Å². The number of aromatic nitrogens is 1. The molecule has 116 valence electrons. The van der Waals surface area contributed by atoms with Crippen LogP contribution in [0.1, 0.15) is 28.9 Å². The third-order valence-corrected chi connectivity index (χ3v) is 3.30. The summed E-state index contributed by atoms with van der Waals surface area (Å²) in [5, 5.41) is 2.86. The fourth-order valence-corrected chi connectivity index (χ4v) is 2.04. The van der Waals surface area contributed by atoms with Gasteiger partial charge in [0.2, 0.25) is 5.56 Å². The van der Waals surface area contributed by atoms with Gasteiger partial charge in [-0.1, -0.05) is 6.07 Å². The van der Waals surface area contributed by atoms with Crippen molar-refractivity contribution in [3.05, 3.63) is 58.0 Å². The molecule has 1 atom stereocenters. The molecule has 6 nitrogen and oxygen atoms in total. The molecule has 1 aromatic heterocycles. The number of carbonyl (C=O) groups is 1. The van der Waals surface area contributed by atoms with Crippen LogP contribution in [0.5, 0.6) is 11.5 Å². The zero-order chi connectivity index (χ0) is 16.1. The van der Waals surface area contributed by atoms with Gasteiger partial charge in [0.05, 0.1) is 25.8 Å². The van der Waals surface area contributed by atoms with Crippen LogP contribution in [0, 0.1) is 0 Å². The van der Waals surface area contributed by atoms with Crippen molar-refractivity contribution < 1.29 is 14.3 Å². The van der Waals surface area contributed by atoms with Crippen molar-refractivity contribution >= 4 is 5.91 Å². The molecule has 0 aliphatic carbocycles. The second-order valence-corrected chi connectivity index (χ2v) is 4.75. The zero-order valence-corrected chi connectivity index (χ0v) is 12.7. The van der Waals surface area contributed by atoms with Crippen molar-refractivity contribution in [1.29, 1.82) is 0 Å². The Morgan fingerprint density at radius 3 is 2.45 bits per heavy atom. The average Bonchev–Trinajstić information content (AvgIpc) is 2.54. The fourth-order valence-electron chi connectivity index (χ4n) is 2.04. The Balaban J connectivity index is 2.14. The summed E-state index contributed by atoms with van der Waals surface area (Å²) >= 11 is 0. The van der Waals surface area contributed by atoms with Crippen LogP contribution in [0.15, 0.2) is 41.3 Å². The van der Waals surface area contributed by atoms with Crippen LogP contribution in [0.2, 0.25) is 0 Å². The minimum absolute atomic E-state index is 0.223. The molecule has 0 bridgehead atoms. The molecule has 1 aromatic carbocycles. The summed E-state index contributed by atoms with van der Waals surface area (Å²) in [5.74, 6) is 0.967. The fraction of sp³-hybridized carbons (Fsp3) is 0.250. The number of hydrogen-bond acceptors (Lipinski definition) is 4. The maximum Gasteiger partial charge on any atom is 0.253 e. The Bertz CT molecular complexity index is 704. The van der Waals surface area contributed by atoms with Gasteiger partial charge < -0.3 is 19.8 Å². The van der Waals surface area contributed by atoms with Gasteiger partial charge in [0.1, 0.15) is 0 Å². The molecule has 0 radical (unpaired) electrons. The number of aromatic amines is 1. The Hall–Kier alpha value is -2.76. The summed E-state index contributed by atoms with van der Waals surface area (Å²) < 4.78 is 10.4. The van der Waals surface area contributed by atoms with Gasteiger partial charge in [-0.25, -0.2) is 0 Å². The smallest absolute Gasteiger partial charge is 0.253 e. The van der Waals surface area contributed by atoms with Crippen molar-refractivity contribution in [3.63, 3.8) is 0 Å². The molecule has 0 fully saturated rings. The highest BCUT2D eigenvalue weighted by atomic mass is 16.5. The molecule has 1 heterocycles. The van der Waals surface area contributed by atoms with Gasteiger partial charge in [-0.3, -0.25) is 9.59 Å². The Morgan fingerprint density at radius 1 is 1.14 bits per heavy atom. The number of H-pyrrole nitrogens is 1. The lowest BCUT2D eigenvalue weighted by molar-refractivity contribution is 0.0939. The third kappa shape index (κ3) is 3.46. The summed E-state index contributed by atoms with van der Waals surface area (Å²) in [6.07, 6.45) is 1.39. The number of ether oxygens (including phenoxy) is 2. The number of hydrogen-bond donors (Lipinski definition) is 2. The van der Waals surface area contributed by atoms with Gasteiger partial charge in [-0.15, -0.1) is 0 Å². The van der Waals surface area contributed by atoms with E-state index in [0.29, 0.717) is 17.1 Å². The van der Waals surface area contributed by atoms with Gasteiger partial charge in [-0.2, -0.15) is 0 Å². The molecule has 2 rings (SSSR count). The van der Waals surface area contributed by atoms with E-state index in [2.05, 4.69) is 10.3 Å². The predicted molar refractivity (Wildman–Crippen MR) is 82.5 cm³/mol. The average molecular weight is 302 g/mol. The van der Waals surface area contributed by atoms with E-state index in [4.69, 9.17) is 9.47 Å². The van der Waals surface area contributed by atoms with Crippen LogP contribution in [-0.4, -0.2) is 25.1 Å². The first kappa shape index (κ1) is 15.6. The lowest BCUT2D eigenvalue weighted by Gasteiger charge is -2.16. The molecule has 0 saturated heterocycles. The maximum absolute atomic E-state index is 12.1. The van der Waals surface area contributed by atoms with Crippen LogP contribution < -0.4 is 20.3 Å². The molecule has 0 aliphatic heterocycles. The van der Waals surface area contributed by atoms with E-state index < -0.39 is 0 Å². The summed E-state index contributed by atoms with van der Waals surface area (Å²) in [6, 6.07) is 8.04. The molecule has 22 heavy (non-hydrogen) atoms. The van der Waals surface area contributed by atoms with Crippen LogP contribution in [0.25, 0.3) is 0 Å². The van der Waals surface area contributed by atoms with Gasteiger partial charge in [0.25, 0.3) is 5.91 Å². The highest BCUT2D eigenvalue weighted by molar-refractivity contribution is 5.94. The largest absolute Gasteiger partial charge is 0.493 e. The number of rotatable bonds is 5. The SMILES string of the molecule is COc1ccc(C(C)NC(=O)c2ccc(=O)[nH]c2)cc1OC. The van der Waals surface area contributed by atoms with Gasteiger partial charge in [0.15, 0.2) is 11.5 Å². The quantitative estimate of drug-likeness (QED) is 0.883. The first-order valence-corrected chi connectivity index (χ1v) is 6.76. The Kier molecular flexibility index (Phi) is 4.83. The van der Waals surface area contributed by atoms with Gasteiger partial charge >= 0.3 is 0 Å². The highest BCUT2D eigenvalue weighted by Crippen LogP contribution is 2.29. The predicted octanol–water partition coefficient (Wildman–Crippen LogP) is 1.88. The third-order valence-electron chi connectivity index (χ3n) is 3.30. The molecule has 6 heteroatoms. The van der Waals surface area contributed by atoms with E-state index in [1.165, 1.54) is 18.3 Å². The van der Waals surface area contributed by atoms with Crippen molar-refractivity contribution in [3.8, 4) is 11.5 Å². The summed E-state index contributed by atoms with van der Waals surface area (Å²) in [6.45, 7) is 1.87. The Labute approximate surface area is 128 Å². The summed E-state index contributed by atoms with van der Waals surface area (Å²) in [4.78, 5) is 25.6. The van der Waals surface area contributed by atoms with Crippen molar-refractivity contribution in [2.75, 3.05) is 14.2 Å². The number of benzene rings is 1. The molecule has 0 aliphatic rings. The van der Waals surface area contributed by atoms with Crippen LogP contribution >= 0.6 is 0 Å². The molecule has 2 aromatic rings. The molecule has 1 amide bonds. The first-order valence-electron chi connectivity index (χ1n) is 6.76. The van der Waals surface area contributed by atoms with Crippen molar-refractivity contribution in [2.24, 2.45) is 0 Å². The minimum atomic E-state index is -0.265. The minimum Gasteiger partial charge on any atom is -0.493 e. The van der Waals surface area contributed by atoms with Crippen molar-refractivity contribution in [2.45, 2.75) is 13.0 Å². The topological polar surface area (TPSA) is 80.4 Å². The number of methoxy groups -OCH3 is 2. The van der Waals surface area contributed by atoms with Crippen LogP contribution in [-0.2, 0) is 0 Å². The summed E-state index contributed by atoms with van der Waals surface area (Å²) in [5.41, 5.74) is 1.03. The van der Waals surface area contributed by atoms with E-state index in [9.17, 15) is 9.59 Å². The molecule has 1 unspecified atom stereocenters. The van der Waals surface area contributed by atoms with Crippen molar-refractivity contribution in [1.82, 2.24) is 10.3 Å². The normalized spacial score (nSPS) is 11.6. The number of amides is 1. The standard InChI is InChI=1S/C16H18N2O4/c1-10(11-4-6-13(21-2)14(8-11)22-3)18-16(20)12-5-7-15(19)17-9-12/h4-10H,1-3H3,(H,17,19)(H,18,20). The van der Waals surface area contributed by atoms with E-state index in [0.717, 1.165) is 5.56 Å². The lowest BCUT2D eigenvalue weighted by atomic mass is 10.1. The van der Waals surface area contributed by atoms with Gasteiger partial charge in [0, 0.05) is 12.3 Å². The molecule has 0 spiro atoms. The zero-order valence-electron chi connectivity index (χ0n) is 12.7. The number of carbonyl (C=O) groups excluding carboxylic acids is 1. The van der Waals surface area contributed by atoms with E-state index >= 15 is 0 Å². The molecule has 2 N–H and O–H groups in total. The highest BCUT2D eigenvalue weighted by Gasteiger charge is 2.14.